The zero-order valence-corrected chi connectivity index (χ0v) is 34.4. The van der Waals surface area contributed by atoms with Crippen LogP contribution in [-0.2, 0) is 18.9 Å². The second-order valence-electron chi connectivity index (χ2n) is 20.3. The molecular weight excluding hydrogens is 712 g/mol. The standard InChI is InChI=1S/C42H72O13/c1-20(2)11-10-14-42(9,51)22-12-16-40(7)28(22)23(44)17-26-39(6)15-13-27(45)38(4,5)35(39)24(18-41(26,40)8)53-37-34(32(49)30(47)25(19-43)54-37)55-36-33(50)31(48)29(46)21(3)52-36/h11,21-37,43-51H,10,12-19H2,1-9H3/t21-,22-,23+,24-,25+,26?,27-,28?,29-,30+,31+,32-,33+,34+,35-,36+,37-,39+,40+,41+,42-/m0/s1. The van der Waals surface area contributed by atoms with Crippen LogP contribution in [0.5, 0.6) is 0 Å². The number of aliphatic hydroxyl groups excluding tert-OH is 8. The van der Waals surface area contributed by atoms with Crippen molar-refractivity contribution in [1.29, 1.82) is 0 Å². The first-order chi connectivity index (χ1) is 25.5. The van der Waals surface area contributed by atoms with Crippen LogP contribution in [0, 0.1) is 45.3 Å². The molecule has 13 nitrogen and oxygen atoms in total. The van der Waals surface area contributed by atoms with Crippen molar-refractivity contribution in [2.24, 2.45) is 45.3 Å². The van der Waals surface area contributed by atoms with E-state index < -0.39 is 114 Å². The van der Waals surface area contributed by atoms with E-state index in [1.54, 1.807) is 0 Å². The molecule has 0 bridgehead atoms. The van der Waals surface area contributed by atoms with Gasteiger partial charge in [0.15, 0.2) is 12.6 Å². The first-order valence-electron chi connectivity index (χ1n) is 20.8. The zero-order valence-electron chi connectivity index (χ0n) is 34.4. The molecule has 2 saturated heterocycles. The van der Waals surface area contributed by atoms with Gasteiger partial charge in [0, 0.05) is 0 Å². The molecule has 21 atom stereocenters. The zero-order chi connectivity index (χ0) is 40.8. The van der Waals surface area contributed by atoms with E-state index in [1.165, 1.54) is 12.5 Å². The minimum absolute atomic E-state index is 0.0411. The molecule has 2 unspecified atom stereocenters. The average Bonchev–Trinajstić information content (AvgIpc) is 3.49. The molecule has 318 valence electrons. The molecular formula is C42H72O13. The number of aliphatic hydroxyl groups is 9. The number of ether oxygens (including phenoxy) is 4. The fourth-order valence-corrected chi connectivity index (χ4v) is 13.3. The van der Waals surface area contributed by atoms with Crippen LogP contribution in [0.2, 0.25) is 0 Å². The lowest BCUT2D eigenvalue weighted by Gasteiger charge is -2.72. The fraction of sp³-hybridized carbons (Fsp3) is 0.952. The predicted octanol–water partition coefficient (Wildman–Crippen LogP) is 2.15. The van der Waals surface area contributed by atoms with E-state index >= 15 is 0 Å². The van der Waals surface area contributed by atoms with Gasteiger partial charge in [0.25, 0.3) is 0 Å². The highest BCUT2D eigenvalue weighted by atomic mass is 16.8. The van der Waals surface area contributed by atoms with Crippen molar-refractivity contribution in [3.63, 3.8) is 0 Å². The van der Waals surface area contributed by atoms with Crippen molar-refractivity contribution in [1.82, 2.24) is 0 Å². The van der Waals surface area contributed by atoms with Gasteiger partial charge in [-0.1, -0.05) is 46.3 Å². The summed E-state index contributed by atoms with van der Waals surface area (Å²) >= 11 is 0. The molecule has 0 amide bonds. The Labute approximate surface area is 327 Å². The average molecular weight is 785 g/mol. The van der Waals surface area contributed by atoms with E-state index in [2.05, 4.69) is 40.7 Å². The molecule has 2 heterocycles. The molecule has 4 saturated carbocycles. The first-order valence-corrected chi connectivity index (χ1v) is 20.8. The monoisotopic (exact) mass is 784 g/mol. The van der Waals surface area contributed by atoms with Gasteiger partial charge in [-0.15, -0.1) is 0 Å². The number of fused-ring (bicyclic) bond motifs is 5. The van der Waals surface area contributed by atoms with Gasteiger partial charge in [0.2, 0.25) is 0 Å². The Hall–Kier alpha value is -0.780. The third kappa shape index (κ3) is 7.10. The Balaban J connectivity index is 1.38. The van der Waals surface area contributed by atoms with Gasteiger partial charge in [-0.05, 0) is 124 Å². The fourth-order valence-electron chi connectivity index (χ4n) is 13.3. The molecule has 6 aliphatic rings. The molecule has 0 spiro atoms. The van der Waals surface area contributed by atoms with Crippen LogP contribution in [0.25, 0.3) is 0 Å². The molecule has 0 aromatic carbocycles. The summed E-state index contributed by atoms with van der Waals surface area (Å²) in [6.07, 6.45) is -8.99. The SMILES string of the molecule is CC(C)=CCC[C@](C)(O)[C@H]1CC[C@]2(C)C1[C@H](O)CC1[C@@]3(C)CC[C@H](O)C(C)(C)[C@@H]3[C@@H](O[C@H]3O[C@H](CO)[C@@H](O)[C@H](O)[C@H]3O[C@H]3O[C@@H](C)[C@H](O)[C@@H](O)[C@H]3O)C[C@]12C. The smallest absolute Gasteiger partial charge is 0.187 e. The van der Waals surface area contributed by atoms with E-state index in [0.29, 0.717) is 32.1 Å². The Morgan fingerprint density at radius 1 is 0.818 bits per heavy atom. The van der Waals surface area contributed by atoms with Gasteiger partial charge in [-0.25, -0.2) is 0 Å². The molecule has 9 N–H and O–H groups in total. The summed E-state index contributed by atoms with van der Waals surface area (Å²) < 4.78 is 25.1. The second-order valence-corrected chi connectivity index (χ2v) is 20.3. The minimum atomic E-state index is -1.70. The third-order valence-electron chi connectivity index (χ3n) is 16.5. The van der Waals surface area contributed by atoms with Crippen molar-refractivity contribution in [3.8, 4) is 0 Å². The molecule has 13 heteroatoms. The van der Waals surface area contributed by atoms with E-state index in [-0.39, 0.29) is 23.7 Å². The maximum atomic E-state index is 12.3. The van der Waals surface area contributed by atoms with Gasteiger partial charge in [0.1, 0.15) is 42.7 Å². The van der Waals surface area contributed by atoms with Crippen molar-refractivity contribution in [3.05, 3.63) is 11.6 Å². The van der Waals surface area contributed by atoms with Crippen LogP contribution in [0.4, 0.5) is 0 Å². The Morgan fingerprint density at radius 3 is 2.13 bits per heavy atom. The molecule has 0 radical (unpaired) electrons. The van der Waals surface area contributed by atoms with Crippen LogP contribution in [-0.4, -0.2) is 138 Å². The second kappa shape index (κ2) is 15.4. The topological polar surface area (TPSA) is 219 Å². The summed E-state index contributed by atoms with van der Waals surface area (Å²) in [7, 11) is 0. The molecule has 2 aliphatic heterocycles. The summed E-state index contributed by atoms with van der Waals surface area (Å²) in [4.78, 5) is 0. The summed E-state index contributed by atoms with van der Waals surface area (Å²) in [5.74, 6) is -0.526. The summed E-state index contributed by atoms with van der Waals surface area (Å²) in [5, 5.41) is 100. The lowest BCUT2D eigenvalue weighted by molar-refractivity contribution is -0.382. The first kappa shape index (κ1) is 43.8. The predicted molar refractivity (Wildman–Crippen MR) is 201 cm³/mol. The number of hydrogen-bond donors (Lipinski definition) is 9. The number of allylic oxidation sites excluding steroid dienone is 2. The Morgan fingerprint density at radius 2 is 1.49 bits per heavy atom. The Bertz CT molecular complexity index is 1390. The Kier molecular flexibility index (Phi) is 12.2. The van der Waals surface area contributed by atoms with Crippen LogP contribution < -0.4 is 0 Å². The normalized spacial score (nSPS) is 53.4. The lowest BCUT2D eigenvalue weighted by Crippen LogP contribution is -2.71. The highest BCUT2D eigenvalue weighted by molar-refractivity contribution is 5.22. The van der Waals surface area contributed by atoms with Gasteiger partial charge < -0.3 is 64.9 Å². The van der Waals surface area contributed by atoms with E-state index in [9.17, 15) is 46.0 Å². The van der Waals surface area contributed by atoms with Gasteiger partial charge in [-0.2, -0.15) is 0 Å². The van der Waals surface area contributed by atoms with E-state index in [0.717, 1.165) is 19.3 Å². The quantitative estimate of drug-likeness (QED) is 0.121. The molecule has 0 aromatic heterocycles. The van der Waals surface area contributed by atoms with Crippen LogP contribution in [0.1, 0.15) is 114 Å². The van der Waals surface area contributed by atoms with Crippen molar-refractivity contribution < 1.29 is 64.9 Å². The number of rotatable bonds is 9. The highest BCUT2D eigenvalue weighted by Crippen LogP contribution is 2.76. The molecule has 6 fully saturated rings. The number of hydrogen-bond acceptors (Lipinski definition) is 13. The largest absolute Gasteiger partial charge is 0.394 e. The highest BCUT2D eigenvalue weighted by Gasteiger charge is 2.73. The maximum absolute atomic E-state index is 12.3. The lowest BCUT2D eigenvalue weighted by atomic mass is 9.34. The maximum Gasteiger partial charge on any atom is 0.187 e. The molecule has 6 rings (SSSR count). The van der Waals surface area contributed by atoms with Crippen molar-refractivity contribution in [2.45, 2.75) is 199 Å². The molecule has 55 heavy (non-hydrogen) atoms. The van der Waals surface area contributed by atoms with Crippen LogP contribution in [0.3, 0.4) is 0 Å². The van der Waals surface area contributed by atoms with E-state index in [1.807, 2.05) is 20.8 Å². The minimum Gasteiger partial charge on any atom is -0.394 e. The summed E-state index contributed by atoms with van der Waals surface area (Å²) in [6.45, 7) is 17.8. The summed E-state index contributed by atoms with van der Waals surface area (Å²) in [5.41, 5.74) is -1.71. The van der Waals surface area contributed by atoms with Gasteiger partial charge >= 0.3 is 0 Å². The summed E-state index contributed by atoms with van der Waals surface area (Å²) in [6, 6.07) is 0. The van der Waals surface area contributed by atoms with Gasteiger partial charge in [0.05, 0.1) is 36.6 Å². The van der Waals surface area contributed by atoms with Gasteiger partial charge in [-0.3, -0.25) is 0 Å². The van der Waals surface area contributed by atoms with Crippen LogP contribution >= 0.6 is 0 Å². The van der Waals surface area contributed by atoms with Crippen LogP contribution in [0.15, 0.2) is 11.6 Å². The van der Waals surface area contributed by atoms with Crippen molar-refractivity contribution in [2.75, 3.05) is 6.61 Å². The third-order valence-corrected chi connectivity index (χ3v) is 16.5. The van der Waals surface area contributed by atoms with Crippen molar-refractivity contribution >= 4 is 0 Å². The molecule has 4 aliphatic carbocycles. The molecule has 0 aromatic rings. The van der Waals surface area contributed by atoms with E-state index in [4.69, 9.17) is 18.9 Å².